The van der Waals surface area contributed by atoms with Crippen LogP contribution in [0.15, 0.2) is 23.6 Å². The molecular weight excluding hydrogens is 153 g/mol. The molecule has 0 fully saturated rings. The molecule has 1 rings (SSSR count). The molecule has 4 nitrogen and oxygen atoms in total. The van der Waals surface area contributed by atoms with E-state index in [0.29, 0.717) is 5.82 Å². The minimum Gasteiger partial charge on any atom is -0.237 e. The Bertz CT molecular complexity index is 224. The molecule has 11 heavy (non-hydrogen) atoms. The molecule has 52 valence electrons. The first-order chi connectivity index (χ1) is 4.83. The SMILES string of the molecule is Cc1ccc(NN=O)nc1.[Na+]. The minimum absolute atomic E-state index is 0. The second kappa shape index (κ2) is 5.23. The number of anilines is 1. The number of rotatable bonds is 2. The molecule has 0 atom stereocenters. The van der Waals surface area contributed by atoms with Gasteiger partial charge in [0.2, 0.25) is 0 Å². The van der Waals surface area contributed by atoms with Gasteiger partial charge in [-0.3, -0.25) is 0 Å². The smallest absolute Gasteiger partial charge is 0.237 e. The average molecular weight is 160 g/mol. The Morgan fingerprint density at radius 2 is 2.27 bits per heavy atom. The number of nitrogens with one attached hydrogen (secondary N) is 1. The maximum absolute atomic E-state index is 9.66. The molecule has 0 aliphatic carbocycles. The molecule has 1 aromatic rings. The zero-order chi connectivity index (χ0) is 7.40. The van der Waals surface area contributed by atoms with Crippen molar-refractivity contribution in [1.82, 2.24) is 4.98 Å². The van der Waals surface area contributed by atoms with Gasteiger partial charge in [-0.1, -0.05) is 6.07 Å². The van der Waals surface area contributed by atoms with Crippen LogP contribution in [-0.2, 0) is 0 Å². The van der Waals surface area contributed by atoms with Gasteiger partial charge < -0.3 is 0 Å². The van der Waals surface area contributed by atoms with E-state index in [1.807, 2.05) is 13.0 Å². The summed E-state index contributed by atoms with van der Waals surface area (Å²) in [5, 5.41) is 2.47. The first kappa shape index (κ1) is 10.6. The van der Waals surface area contributed by atoms with Crippen molar-refractivity contribution < 1.29 is 29.6 Å². The first-order valence-electron chi connectivity index (χ1n) is 2.84. The van der Waals surface area contributed by atoms with Crippen LogP contribution in [0.4, 0.5) is 5.82 Å². The summed E-state index contributed by atoms with van der Waals surface area (Å²) in [5.74, 6) is 0.473. The van der Waals surface area contributed by atoms with Crippen molar-refractivity contribution in [3.05, 3.63) is 28.8 Å². The molecule has 1 heterocycles. The largest absolute Gasteiger partial charge is 1.00 e. The molecule has 5 heteroatoms. The average Bonchev–Trinajstić information content (AvgIpc) is 1.95. The molecule has 0 spiro atoms. The van der Waals surface area contributed by atoms with Crippen LogP contribution in [0.2, 0.25) is 0 Å². The molecule has 0 saturated carbocycles. The fourth-order valence-corrected chi connectivity index (χ4v) is 0.581. The van der Waals surface area contributed by atoms with Crippen molar-refractivity contribution in [2.24, 2.45) is 5.29 Å². The van der Waals surface area contributed by atoms with Crippen molar-refractivity contribution in [3.8, 4) is 0 Å². The maximum atomic E-state index is 9.66. The first-order valence-corrected chi connectivity index (χ1v) is 2.84. The van der Waals surface area contributed by atoms with Crippen LogP contribution < -0.4 is 35.0 Å². The van der Waals surface area contributed by atoms with Crippen molar-refractivity contribution in [2.45, 2.75) is 6.92 Å². The quantitative estimate of drug-likeness (QED) is 0.325. The Morgan fingerprint density at radius 1 is 1.55 bits per heavy atom. The van der Waals surface area contributed by atoms with Crippen molar-refractivity contribution in [1.29, 1.82) is 0 Å². The third-order valence-electron chi connectivity index (χ3n) is 1.07. The van der Waals surface area contributed by atoms with E-state index in [-0.39, 0.29) is 29.6 Å². The summed E-state index contributed by atoms with van der Waals surface area (Å²) in [5.41, 5.74) is 3.25. The summed E-state index contributed by atoms with van der Waals surface area (Å²) in [4.78, 5) is 13.5. The number of pyridine rings is 1. The Morgan fingerprint density at radius 3 is 2.73 bits per heavy atom. The third-order valence-corrected chi connectivity index (χ3v) is 1.07. The molecule has 1 aromatic heterocycles. The van der Waals surface area contributed by atoms with Crippen molar-refractivity contribution >= 4 is 5.82 Å². The van der Waals surface area contributed by atoms with E-state index in [2.05, 4.69) is 15.7 Å². The van der Waals surface area contributed by atoms with Crippen LogP contribution in [0.5, 0.6) is 0 Å². The molecule has 0 bridgehead atoms. The van der Waals surface area contributed by atoms with E-state index in [9.17, 15) is 4.91 Å². The van der Waals surface area contributed by atoms with Crippen molar-refractivity contribution in [2.75, 3.05) is 5.43 Å². The van der Waals surface area contributed by atoms with Crippen LogP contribution >= 0.6 is 0 Å². The molecule has 0 aromatic carbocycles. The fraction of sp³-hybridized carbons (Fsp3) is 0.167. The van der Waals surface area contributed by atoms with Crippen LogP contribution in [-0.4, -0.2) is 4.98 Å². The van der Waals surface area contributed by atoms with Crippen LogP contribution in [0, 0.1) is 11.8 Å². The number of aromatic nitrogens is 1. The standard InChI is InChI=1S/C6H7N3O.Na/c1-5-2-3-6(7-4-5)8-9-10;/h2-4H,1H3,(H,7,8,10);/q;+1. The molecule has 0 saturated heterocycles. The van der Waals surface area contributed by atoms with Gasteiger partial charge in [-0.15, -0.1) is 4.91 Å². The normalized spacial score (nSPS) is 8.09. The van der Waals surface area contributed by atoms with E-state index in [1.165, 1.54) is 0 Å². The summed E-state index contributed by atoms with van der Waals surface area (Å²) in [6, 6.07) is 3.54. The summed E-state index contributed by atoms with van der Waals surface area (Å²) >= 11 is 0. The molecule has 0 amide bonds. The fourth-order valence-electron chi connectivity index (χ4n) is 0.581. The Balaban J connectivity index is 0.000001000. The Hall–Kier alpha value is -0.450. The minimum atomic E-state index is 0. The van der Waals surface area contributed by atoms with E-state index in [0.717, 1.165) is 5.56 Å². The Labute approximate surface area is 86.6 Å². The number of aryl methyl sites for hydroxylation is 1. The molecule has 0 unspecified atom stereocenters. The van der Waals surface area contributed by atoms with Crippen LogP contribution in [0.3, 0.4) is 0 Å². The van der Waals surface area contributed by atoms with Gasteiger partial charge in [0.1, 0.15) is 5.82 Å². The second-order valence-corrected chi connectivity index (χ2v) is 1.92. The van der Waals surface area contributed by atoms with Crippen molar-refractivity contribution in [3.63, 3.8) is 0 Å². The molecule has 1 N–H and O–H groups in total. The molecule has 0 aliphatic rings. The predicted octanol–water partition coefficient (Wildman–Crippen LogP) is -1.51. The predicted molar refractivity (Wildman–Crippen MR) is 38.4 cm³/mol. The van der Waals surface area contributed by atoms with E-state index < -0.39 is 0 Å². The second-order valence-electron chi connectivity index (χ2n) is 1.92. The zero-order valence-electron chi connectivity index (χ0n) is 6.53. The van der Waals surface area contributed by atoms with E-state index in [4.69, 9.17) is 0 Å². The summed E-state index contributed by atoms with van der Waals surface area (Å²) in [7, 11) is 0. The summed E-state index contributed by atoms with van der Waals surface area (Å²) in [6.45, 7) is 1.92. The van der Waals surface area contributed by atoms with Gasteiger partial charge in [-0.2, -0.15) is 0 Å². The number of nitrogens with zero attached hydrogens (tertiary/aromatic N) is 2. The molecule has 0 radical (unpaired) electrons. The van der Waals surface area contributed by atoms with E-state index >= 15 is 0 Å². The summed E-state index contributed by atoms with van der Waals surface area (Å²) in [6.07, 6.45) is 1.66. The van der Waals surface area contributed by atoms with Crippen LogP contribution in [0.1, 0.15) is 5.56 Å². The van der Waals surface area contributed by atoms with E-state index in [1.54, 1.807) is 12.3 Å². The van der Waals surface area contributed by atoms with Gasteiger partial charge in [0.15, 0.2) is 0 Å². The van der Waals surface area contributed by atoms with Gasteiger partial charge in [0, 0.05) is 6.20 Å². The van der Waals surface area contributed by atoms with Gasteiger partial charge in [0.05, 0.1) is 5.29 Å². The zero-order valence-corrected chi connectivity index (χ0v) is 8.53. The Kier molecular flexibility index (Phi) is 5.02. The van der Waals surface area contributed by atoms with Gasteiger partial charge in [0.25, 0.3) is 0 Å². The number of hydrogen-bond donors (Lipinski definition) is 1. The topological polar surface area (TPSA) is 54.4 Å². The van der Waals surface area contributed by atoms with Gasteiger partial charge in [-0.25, -0.2) is 10.4 Å². The van der Waals surface area contributed by atoms with Gasteiger partial charge in [-0.05, 0) is 18.6 Å². The van der Waals surface area contributed by atoms with Gasteiger partial charge >= 0.3 is 29.6 Å². The monoisotopic (exact) mass is 160 g/mol. The summed E-state index contributed by atoms with van der Waals surface area (Å²) < 4.78 is 0. The number of nitroso groups, excluding NO2 is 1. The van der Waals surface area contributed by atoms with Crippen LogP contribution in [0.25, 0.3) is 0 Å². The molecule has 0 aliphatic heterocycles. The third kappa shape index (κ3) is 3.46. The number of hydrogen-bond acceptors (Lipinski definition) is 3. The molecular formula is C6H7N3NaO+. The maximum Gasteiger partial charge on any atom is 1.00 e.